The zero-order valence-electron chi connectivity index (χ0n) is 8.98. The van der Waals surface area contributed by atoms with Crippen molar-refractivity contribution < 1.29 is 72.1 Å². The SMILES string of the molecule is O.O.O.O.O.O.O.O.O=S(OS(=O)(=O)S)OS(=O)(=O)S.[NaH].[NaH].[NaH].[NaH]. The van der Waals surface area contributed by atoms with Crippen molar-refractivity contribution in [2.75, 3.05) is 0 Å². The first-order valence-electron chi connectivity index (χ1n) is 1.87. The van der Waals surface area contributed by atoms with E-state index in [0.29, 0.717) is 0 Å². The Labute approximate surface area is 239 Å². The van der Waals surface area contributed by atoms with Gasteiger partial charge in [-0.25, -0.2) is 0 Å². The van der Waals surface area contributed by atoms with Crippen molar-refractivity contribution in [3.8, 4) is 0 Å². The van der Waals surface area contributed by atoms with E-state index in [1.165, 1.54) is 0 Å². The Balaban J connectivity index is -0.00000000917. The molecule has 146 valence electrons. The van der Waals surface area contributed by atoms with Gasteiger partial charge in [-0.15, -0.1) is 7.26 Å². The molecule has 0 saturated heterocycles. The predicted molar refractivity (Wildman–Crippen MR) is 104 cm³/mol. The van der Waals surface area contributed by atoms with Crippen LogP contribution in [-0.4, -0.2) is 183 Å². The van der Waals surface area contributed by atoms with Crippen LogP contribution in [0.2, 0.25) is 0 Å². The Hall–Kier alpha value is 4.35. The van der Waals surface area contributed by atoms with Crippen molar-refractivity contribution in [3.05, 3.63) is 0 Å². The molecule has 0 radical (unpaired) electrons. The normalized spacial score (nSPS) is 6.79. The van der Waals surface area contributed by atoms with Gasteiger partial charge in [-0.2, -0.15) is 21.0 Å². The maximum atomic E-state index is 10.3. The molecule has 0 aliphatic carbocycles. The summed E-state index contributed by atoms with van der Waals surface area (Å²) in [6.45, 7) is 0. The second kappa shape index (κ2) is 41.7. The van der Waals surface area contributed by atoms with E-state index >= 15 is 0 Å². The minimum absolute atomic E-state index is 0. The average Bonchev–Trinajstić information content (AvgIpc) is 1.49. The molecule has 24 heavy (non-hydrogen) atoms. The molecule has 0 aromatic carbocycles. The van der Waals surface area contributed by atoms with Gasteiger partial charge in [0.15, 0.2) is 0 Å². The van der Waals surface area contributed by atoms with Crippen LogP contribution in [0.1, 0.15) is 0 Å². The fourth-order valence-electron chi connectivity index (χ4n) is 0.152. The first kappa shape index (κ1) is 90.0. The molecule has 0 aliphatic rings. The van der Waals surface area contributed by atoms with Crippen LogP contribution in [0.5, 0.6) is 0 Å². The van der Waals surface area contributed by atoms with Crippen molar-refractivity contribution in [1.29, 1.82) is 0 Å². The molecule has 0 aliphatic heterocycles. The Morgan fingerprint density at radius 2 is 0.667 bits per heavy atom. The van der Waals surface area contributed by atoms with Crippen LogP contribution in [0.3, 0.4) is 0 Å². The van der Waals surface area contributed by atoms with Crippen LogP contribution < -0.4 is 0 Å². The van der Waals surface area contributed by atoms with Crippen LogP contribution in [0, 0.1) is 0 Å². The first-order chi connectivity index (χ1) is 5.10. The summed E-state index contributed by atoms with van der Waals surface area (Å²) in [7, 11) is -8.65. The van der Waals surface area contributed by atoms with Crippen molar-refractivity contribution >= 4 is 171 Å². The summed E-state index contributed by atoms with van der Waals surface area (Å²) >= 11 is 2.61. The minimum atomic E-state index is -4.32. The quantitative estimate of drug-likeness (QED) is 0.207. The van der Waals surface area contributed by atoms with Crippen molar-refractivity contribution in [3.63, 3.8) is 0 Å². The molecular formula is H22Na4O15S5. The molecule has 0 amide bonds. The van der Waals surface area contributed by atoms with Gasteiger partial charge in [-0.1, -0.05) is 0 Å². The third-order valence-corrected chi connectivity index (χ3v) is 3.64. The van der Waals surface area contributed by atoms with E-state index in [-0.39, 0.29) is 162 Å². The Bertz CT molecular complexity index is 339. The molecule has 24 heteroatoms. The predicted octanol–water partition coefficient (Wildman–Crippen LogP) is -10.2. The van der Waals surface area contributed by atoms with Crippen molar-refractivity contribution in [2.45, 2.75) is 0 Å². The van der Waals surface area contributed by atoms with E-state index in [1.54, 1.807) is 0 Å². The van der Waals surface area contributed by atoms with E-state index in [1.807, 2.05) is 0 Å². The number of hydrogen-bond donors (Lipinski definition) is 2. The molecule has 0 unspecified atom stereocenters. The van der Waals surface area contributed by atoms with Crippen molar-refractivity contribution in [1.82, 2.24) is 0 Å². The van der Waals surface area contributed by atoms with Gasteiger partial charge in [-0.05, 0) is 23.3 Å². The molecule has 0 rings (SSSR count). The van der Waals surface area contributed by atoms with Crippen LogP contribution >= 0.6 is 23.3 Å². The van der Waals surface area contributed by atoms with Crippen LogP contribution in [0.15, 0.2) is 0 Å². The molecule has 0 atom stereocenters. The number of thiol groups is 2. The Kier molecular flexibility index (Phi) is 156. The van der Waals surface area contributed by atoms with Crippen LogP contribution in [-0.2, 0) is 36.9 Å². The summed E-state index contributed by atoms with van der Waals surface area (Å²) in [4.78, 5) is 0. The summed E-state index contributed by atoms with van der Waals surface area (Å²) in [6, 6.07) is 0. The van der Waals surface area contributed by atoms with E-state index in [2.05, 4.69) is 30.6 Å². The average molecular weight is 514 g/mol. The fraction of sp³-hybridized carbons (Fsp3) is 0. The van der Waals surface area contributed by atoms with Crippen molar-refractivity contribution in [2.24, 2.45) is 0 Å². The zero-order chi connectivity index (χ0) is 9.99. The molecule has 15 nitrogen and oxygen atoms in total. The molecule has 0 aromatic rings. The molecular weight excluding hydrogens is 492 g/mol. The molecule has 0 spiro atoms. The van der Waals surface area contributed by atoms with Gasteiger partial charge in [-0.3, -0.25) is 0 Å². The molecule has 0 fully saturated rings. The topological polar surface area (TPSA) is 356 Å². The Morgan fingerprint density at radius 1 is 0.542 bits per heavy atom. The summed E-state index contributed by atoms with van der Waals surface area (Å²) < 4.78 is 57.5. The summed E-state index contributed by atoms with van der Waals surface area (Å²) in [5, 5.41) is 0. The van der Waals surface area contributed by atoms with E-state index in [9.17, 15) is 21.0 Å². The molecule has 0 saturated carbocycles. The second-order valence-corrected chi connectivity index (χ2v) is 7.09. The zero-order valence-corrected chi connectivity index (χ0v) is 13.2. The molecule has 0 heterocycles. The monoisotopic (exact) mass is 514 g/mol. The van der Waals surface area contributed by atoms with Gasteiger partial charge in [0.1, 0.15) is 0 Å². The van der Waals surface area contributed by atoms with Gasteiger partial charge in [0, 0.05) is 0 Å². The van der Waals surface area contributed by atoms with E-state index in [0.717, 1.165) is 0 Å². The number of rotatable bonds is 4. The maximum absolute atomic E-state index is 10.3. The third kappa shape index (κ3) is 82.2. The standard InChI is InChI=1S/4Na.H2O7S5.8H2O.4H/c;;;;1-10(6-11(2,3)8)7-12(4,5)9;;;;;;;;;;;;/h;;;;(H,2,3,8)(H,4,5,9);8*1H2;;;;. The van der Waals surface area contributed by atoms with E-state index in [4.69, 9.17) is 0 Å². The van der Waals surface area contributed by atoms with Gasteiger partial charge < -0.3 is 43.8 Å². The van der Waals surface area contributed by atoms with Gasteiger partial charge in [0.25, 0.3) is 0 Å². The van der Waals surface area contributed by atoms with Crippen LogP contribution in [0.25, 0.3) is 0 Å². The van der Waals surface area contributed by atoms with Crippen LogP contribution in [0.4, 0.5) is 0 Å². The van der Waals surface area contributed by atoms with Gasteiger partial charge >= 0.3 is 148 Å². The Morgan fingerprint density at radius 3 is 0.750 bits per heavy atom. The number of hydrogen-bond acceptors (Lipinski definition) is 7. The third-order valence-electron chi connectivity index (χ3n) is 0.283. The first-order valence-corrected chi connectivity index (χ1v) is 7.79. The van der Waals surface area contributed by atoms with E-state index < -0.39 is 29.7 Å². The summed E-state index contributed by atoms with van der Waals surface area (Å²) in [5.41, 5.74) is 0. The molecule has 0 aromatic heterocycles. The summed E-state index contributed by atoms with van der Waals surface area (Å²) in [5.74, 6) is 0. The molecule has 16 N–H and O–H groups in total. The van der Waals surface area contributed by atoms with Gasteiger partial charge in [0.05, 0.1) is 0 Å². The van der Waals surface area contributed by atoms with Gasteiger partial charge in [0.2, 0.25) is 0 Å². The summed E-state index contributed by atoms with van der Waals surface area (Å²) in [6.07, 6.45) is 0. The second-order valence-electron chi connectivity index (χ2n) is 1.20. The molecule has 0 bridgehead atoms. The fourth-order valence-corrected chi connectivity index (χ4v) is 2.46.